The minimum atomic E-state index is 0.595. The van der Waals surface area contributed by atoms with Crippen molar-refractivity contribution in [2.45, 2.75) is 26.6 Å². The van der Waals surface area contributed by atoms with E-state index in [1.54, 1.807) is 6.26 Å². The van der Waals surface area contributed by atoms with Crippen LogP contribution in [0.1, 0.15) is 23.8 Å². The zero-order valence-electron chi connectivity index (χ0n) is 10.8. The smallest absolute Gasteiger partial charge is 0.117 e. The number of hydrogen-bond acceptors (Lipinski definition) is 3. The number of nitrogens with zero attached hydrogens (tertiary/aromatic N) is 1. The lowest BCUT2D eigenvalue weighted by Crippen LogP contribution is -2.22. The number of hydrogen-bond donors (Lipinski definition) is 1. The molecule has 3 nitrogen and oxygen atoms in total. The van der Waals surface area contributed by atoms with Gasteiger partial charge in [0.2, 0.25) is 0 Å². The van der Waals surface area contributed by atoms with Gasteiger partial charge in [-0.25, -0.2) is 0 Å². The molecule has 0 aliphatic heterocycles. The van der Waals surface area contributed by atoms with Gasteiger partial charge in [0.25, 0.3) is 0 Å². The predicted octanol–water partition coefficient (Wildman–Crippen LogP) is 2.76. The van der Waals surface area contributed by atoms with Gasteiger partial charge in [0.1, 0.15) is 5.76 Å². The molecule has 0 saturated heterocycles. The average molecular weight is 244 g/mol. The molecule has 0 aliphatic carbocycles. The molecule has 1 heterocycles. The van der Waals surface area contributed by atoms with Gasteiger partial charge in [-0.3, -0.25) is 4.90 Å². The van der Waals surface area contributed by atoms with Crippen molar-refractivity contribution >= 4 is 0 Å². The SMILES string of the molecule is CCN(Cc1cccc(CN)c1)Cc1ccco1. The van der Waals surface area contributed by atoms with Gasteiger partial charge in [-0.2, -0.15) is 0 Å². The standard InChI is InChI=1S/C15H20N2O/c1-2-17(12-15-7-4-8-18-15)11-14-6-3-5-13(9-14)10-16/h3-9H,2,10-12,16H2,1H3. The van der Waals surface area contributed by atoms with Crippen LogP contribution >= 0.6 is 0 Å². The highest BCUT2D eigenvalue weighted by molar-refractivity contribution is 5.23. The molecular formula is C15H20N2O. The van der Waals surface area contributed by atoms with E-state index in [2.05, 4.69) is 36.1 Å². The second kappa shape index (κ2) is 6.38. The minimum absolute atomic E-state index is 0.595. The topological polar surface area (TPSA) is 42.4 Å². The van der Waals surface area contributed by atoms with Crippen LogP contribution in [0.2, 0.25) is 0 Å². The van der Waals surface area contributed by atoms with Crippen LogP contribution < -0.4 is 5.73 Å². The van der Waals surface area contributed by atoms with Crippen LogP contribution in [0.4, 0.5) is 0 Å². The number of benzene rings is 1. The lowest BCUT2D eigenvalue weighted by molar-refractivity contribution is 0.248. The van der Waals surface area contributed by atoms with Crippen molar-refractivity contribution < 1.29 is 4.42 Å². The Labute approximate surface area is 108 Å². The van der Waals surface area contributed by atoms with Crippen LogP contribution in [-0.4, -0.2) is 11.4 Å². The molecule has 0 atom stereocenters. The summed E-state index contributed by atoms with van der Waals surface area (Å²) < 4.78 is 5.39. The Morgan fingerprint density at radius 2 is 1.94 bits per heavy atom. The zero-order chi connectivity index (χ0) is 12.8. The van der Waals surface area contributed by atoms with E-state index in [1.807, 2.05) is 12.1 Å². The fraction of sp³-hybridized carbons (Fsp3) is 0.333. The normalized spacial score (nSPS) is 11.1. The fourth-order valence-electron chi connectivity index (χ4n) is 2.02. The van der Waals surface area contributed by atoms with E-state index in [0.717, 1.165) is 25.4 Å². The molecule has 1 aromatic carbocycles. The van der Waals surface area contributed by atoms with Gasteiger partial charge in [-0.15, -0.1) is 0 Å². The first-order valence-corrected chi connectivity index (χ1v) is 6.34. The molecule has 0 amide bonds. The molecule has 0 radical (unpaired) electrons. The molecule has 2 rings (SSSR count). The molecule has 0 unspecified atom stereocenters. The first kappa shape index (κ1) is 12.9. The Hall–Kier alpha value is -1.58. The van der Waals surface area contributed by atoms with Crippen LogP contribution in [0.3, 0.4) is 0 Å². The third-order valence-corrected chi connectivity index (χ3v) is 3.04. The van der Waals surface area contributed by atoms with Gasteiger partial charge in [0.05, 0.1) is 12.8 Å². The molecule has 2 N–H and O–H groups in total. The molecule has 18 heavy (non-hydrogen) atoms. The van der Waals surface area contributed by atoms with Crippen LogP contribution in [-0.2, 0) is 19.6 Å². The first-order chi connectivity index (χ1) is 8.81. The molecule has 96 valence electrons. The Morgan fingerprint density at radius 3 is 2.61 bits per heavy atom. The summed E-state index contributed by atoms with van der Waals surface area (Å²) in [5.41, 5.74) is 8.14. The van der Waals surface area contributed by atoms with Crippen molar-refractivity contribution in [1.29, 1.82) is 0 Å². The van der Waals surface area contributed by atoms with E-state index < -0.39 is 0 Å². The lowest BCUT2D eigenvalue weighted by atomic mass is 10.1. The fourth-order valence-corrected chi connectivity index (χ4v) is 2.02. The Bertz CT molecular complexity index is 465. The highest BCUT2D eigenvalue weighted by Crippen LogP contribution is 2.11. The minimum Gasteiger partial charge on any atom is -0.468 e. The third-order valence-electron chi connectivity index (χ3n) is 3.04. The summed E-state index contributed by atoms with van der Waals surface area (Å²) in [5.74, 6) is 1.01. The van der Waals surface area contributed by atoms with E-state index in [4.69, 9.17) is 10.2 Å². The van der Waals surface area contributed by atoms with Crippen LogP contribution in [0.5, 0.6) is 0 Å². The number of furan rings is 1. The molecule has 2 aromatic rings. The van der Waals surface area contributed by atoms with E-state index in [0.29, 0.717) is 6.54 Å². The van der Waals surface area contributed by atoms with Crippen LogP contribution in [0, 0.1) is 0 Å². The van der Waals surface area contributed by atoms with E-state index >= 15 is 0 Å². The summed E-state index contributed by atoms with van der Waals surface area (Å²) in [6, 6.07) is 12.4. The van der Waals surface area contributed by atoms with Crippen molar-refractivity contribution in [2.24, 2.45) is 5.73 Å². The van der Waals surface area contributed by atoms with Gasteiger partial charge >= 0.3 is 0 Å². The van der Waals surface area contributed by atoms with Crippen molar-refractivity contribution in [3.63, 3.8) is 0 Å². The Kier molecular flexibility index (Phi) is 4.56. The van der Waals surface area contributed by atoms with E-state index in [9.17, 15) is 0 Å². The second-order valence-electron chi connectivity index (χ2n) is 4.41. The number of rotatable bonds is 6. The maximum atomic E-state index is 5.66. The second-order valence-corrected chi connectivity index (χ2v) is 4.41. The summed E-state index contributed by atoms with van der Waals surface area (Å²) in [5, 5.41) is 0. The molecule has 0 spiro atoms. The van der Waals surface area contributed by atoms with Crippen molar-refractivity contribution in [2.75, 3.05) is 6.54 Å². The molecule has 0 bridgehead atoms. The summed E-state index contributed by atoms with van der Waals surface area (Å²) in [6.45, 7) is 5.52. The highest BCUT2D eigenvalue weighted by Gasteiger charge is 2.06. The van der Waals surface area contributed by atoms with Gasteiger partial charge in [0.15, 0.2) is 0 Å². The number of nitrogens with two attached hydrogens (primary N) is 1. The average Bonchev–Trinajstić information content (AvgIpc) is 2.91. The molecular weight excluding hydrogens is 224 g/mol. The maximum Gasteiger partial charge on any atom is 0.117 e. The summed E-state index contributed by atoms with van der Waals surface area (Å²) >= 11 is 0. The molecule has 0 fully saturated rings. The lowest BCUT2D eigenvalue weighted by Gasteiger charge is -2.19. The first-order valence-electron chi connectivity index (χ1n) is 6.34. The van der Waals surface area contributed by atoms with Crippen LogP contribution in [0.15, 0.2) is 47.1 Å². The van der Waals surface area contributed by atoms with Gasteiger partial charge < -0.3 is 10.2 Å². The summed E-state index contributed by atoms with van der Waals surface area (Å²) in [4.78, 5) is 2.34. The summed E-state index contributed by atoms with van der Waals surface area (Å²) in [6.07, 6.45) is 1.72. The van der Waals surface area contributed by atoms with Crippen LogP contribution in [0.25, 0.3) is 0 Å². The van der Waals surface area contributed by atoms with Gasteiger partial charge in [-0.05, 0) is 29.8 Å². The monoisotopic (exact) mass is 244 g/mol. The summed E-state index contributed by atoms with van der Waals surface area (Å²) in [7, 11) is 0. The molecule has 0 aliphatic rings. The van der Waals surface area contributed by atoms with Crippen molar-refractivity contribution in [1.82, 2.24) is 4.90 Å². The maximum absolute atomic E-state index is 5.66. The molecule has 0 saturated carbocycles. The van der Waals surface area contributed by atoms with Gasteiger partial charge in [-0.1, -0.05) is 31.2 Å². The van der Waals surface area contributed by atoms with Crippen molar-refractivity contribution in [3.8, 4) is 0 Å². The quantitative estimate of drug-likeness (QED) is 0.849. The molecule has 1 aromatic heterocycles. The zero-order valence-corrected chi connectivity index (χ0v) is 10.8. The third kappa shape index (κ3) is 3.45. The Morgan fingerprint density at radius 1 is 1.11 bits per heavy atom. The highest BCUT2D eigenvalue weighted by atomic mass is 16.3. The molecule has 3 heteroatoms. The largest absolute Gasteiger partial charge is 0.468 e. The predicted molar refractivity (Wildman–Crippen MR) is 72.8 cm³/mol. The van der Waals surface area contributed by atoms with Gasteiger partial charge in [0, 0.05) is 13.1 Å². The van der Waals surface area contributed by atoms with Crippen molar-refractivity contribution in [3.05, 3.63) is 59.5 Å². The Balaban J connectivity index is 2.00. The van der Waals surface area contributed by atoms with E-state index in [1.165, 1.54) is 11.1 Å². The van der Waals surface area contributed by atoms with E-state index in [-0.39, 0.29) is 0 Å².